The van der Waals surface area contributed by atoms with Crippen molar-refractivity contribution in [3.63, 3.8) is 0 Å². The standard InChI is InChI=1S/C14H20N2O2S2/c1-9(2)10(3)16-20(17,18)14-11-6-4-5-7-12(11)19-13(14)8-15/h4-7,9-10,16H,8,15H2,1-3H3. The molecule has 0 bridgehead atoms. The topological polar surface area (TPSA) is 72.2 Å². The maximum atomic E-state index is 12.6. The maximum absolute atomic E-state index is 12.6. The molecule has 1 aromatic carbocycles. The summed E-state index contributed by atoms with van der Waals surface area (Å²) in [4.78, 5) is 1.04. The van der Waals surface area contributed by atoms with E-state index in [4.69, 9.17) is 5.73 Å². The summed E-state index contributed by atoms with van der Waals surface area (Å²) >= 11 is 1.44. The van der Waals surface area contributed by atoms with E-state index in [1.54, 1.807) is 0 Å². The molecule has 2 aromatic rings. The molecule has 3 N–H and O–H groups in total. The van der Waals surface area contributed by atoms with Gasteiger partial charge in [0.15, 0.2) is 0 Å². The van der Waals surface area contributed by atoms with Crippen molar-refractivity contribution in [2.24, 2.45) is 11.7 Å². The van der Waals surface area contributed by atoms with Gasteiger partial charge in [-0.25, -0.2) is 13.1 Å². The molecule has 0 radical (unpaired) electrons. The first-order valence-electron chi connectivity index (χ1n) is 6.59. The van der Waals surface area contributed by atoms with Crippen LogP contribution in [0.2, 0.25) is 0 Å². The molecule has 0 amide bonds. The van der Waals surface area contributed by atoms with Crippen LogP contribution in [0.1, 0.15) is 25.6 Å². The highest BCUT2D eigenvalue weighted by Crippen LogP contribution is 2.34. The van der Waals surface area contributed by atoms with Gasteiger partial charge in [0.05, 0.1) is 0 Å². The molecular formula is C14H20N2O2S2. The SMILES string of the molecule is CC(C)C(C)NS(=O)(=O)c1c(CN)sc2ccccc12. The number of fused-ring (bicyclic) bond motifs is 1. The number of nitrogens with two attached hydrogens (primary N) is 1. The van der Waals surface area contributed by atoms with Crippen LogP contribution >= 0.6 is 11.3 Å². The number of benzene rings is 1. The van der Waals surface area contributed by atoms with Crippen LogP contribution in [0, 0.1) is 5.92 Å². The van der Waals surface area contributed by atoms with E-state index in [2.05, 4.69) is 4.72 Å². The Labute approximate surface area is 124 Å². The average molecular weight is 312 g/mol. The molecule has 1 atom stereocenters. The zero-order chi connectivity index (χ0) is 14.9. The van der Waals surface area contributed by atoms with Crippen molar-refractivity contribution in [2.45, 2.75) is 38.3 Å². The van der Waals surface area contributed by atoms with Gasteiger partial charge in [-0.05, 0) is 18.9 Å². The molecule has 2 rings (SSSR count). The van der Waals surface area contributed by atoms with Gasteiger partial charge in [0, 0.05) is 27.5 Å². The number of sulfonamides is 1. The fourth-order valence-corrected chi connectivity index (χ4v) is 5.17. The Morgan fingerprint density at radius 3 is 2.50 bits per heavy atom. The molecule has 1 aromatic heterocycles. The van der Waals surface area contributed by atoms with Gasteiger partial charge in [0.25, 0.3) is 0 Å². The van der Waals surface area contributed by atoms with Gasteiger partial charge in [-0.15, -0.1) is 11.3 Å². The number of hydrogen-bond donors (Lipinski definition) is 2. The van der Waals surface area contributed by atoms with Crippen LogP contribution in [0.25, 0.3) is 10.1 Å². The summed E-state index contributed by atoms with van der Waals surface area (Å²) < 4.78 is 29.0. The van der Waals surface area contributed by atoms with Gasteiger partial charge in [0.2, 0.25) is 10.0 Å². The molecule has 0 fully saturated rings. The normalized spacial score (nSPS) is 14.1. The highest BCUT2D eigenvalue weighted by molar-refractivity contribution is 7.90. The minimum Gasteiger partial charge on any atom is -0.326 e. The maximum Gasteiger partial charge on any atom is 0.242 e. The van der Waals surface area contributed by atoms with Gasteiger partial charge >= 0.3 is 0 Å². The van der Waals surface area contributed by atoms with Gasteiger partial charge in [-0.3, -0.25) is 0 Å². The quantitative estimate of drug-likeness (QED) is 0.891. The third-order valence-electron chi connectivity index (χ3n) is 3.41. The second-order valence-corrected chi connectivity index (χ2v) is 8.00. The van der Waals surface area contributed by atoms with Crippen LogP contribution in [-0.4, -0.2) is 14.5 Å². The summed E-state index contributed by atoms with van der Waals surface area (Å²) in [5.41, 5.74) is 5.72. The number of rotatable bonds is 5. The summed E-state index contributed by atoms with van der Waals surface area (Å²) in [6.45, 7) is 6.08. The molecule has 6 heteroatoms. The molecule has 20 heavy (non-hydrogen) atoms. The Kier molecular flexibility index (Phi) is 4.49. The fourth-order valence-electron chi connectivity index (χ4n) is 1.94. The molecule has 0 saturated carbocycles. The molecule has 1 heterocycles. The molecule has 0 aliphatic heterocycles. The van der Waals surface area contributed by atoms with Crippen LogP contribution < -0.4 is 10.5 Å². The summed E-state index contributed by atoms with van der Waals surface area (Å²) in [5, 5.41) is 0.751. The lowest BCUT2D eigenvalue weighted by Gasteiger charge is -2.17. The van der Waals surface area contributed by atoms with Crippen molar-refractivity contribution < 1.29 is 8.42 Å². The minimum atomic E-state index is -3.55. The van der Waals surface area contributed by atoms with E-state index in [1.807, 2.05) is 45.0 Å². The van der Waals surface area contributed by atoms with E-state index in [0.717, 1.165) is 10.1 Å². The van der Waals surface area contributed by atoms with Gasteiger partial charge in [-0.1, -0.05) is 32.0 Å². The lowest BCUT2D eigenvalue weighted by atomic mass is 10.1. The Hall–Kier alpha value is -0.950. The van der Waals surface area contributed by atoms with Gasteiger partial charge < -0.3 is 5.73 Å². The second kappa shape index (κ2) is 5.81. The van der Waals surface area contributed by atoms with Crippen molar-refractivity contribution in [1.82, 2.24) is 4.72 Å². The van der Waals surface area contributed by atoms with Crippen molar-refractivity contribution >= 4 is 31.4 Å². The lowest BCUT2D eigenvalue weighted by Crippen LogP contribution is -2.36. The lowest BCUT2D eigenvalue weighted by molar-refractivity contribution is 0.476. The monoisotopic (exact) mass is 312 g/mol. The Morgan fingerprint density at radius 2 is 1.90 bits per heavy atom. The van der Waals surface area contributed by atoms with Gasteiger partial charge in [-0.2, -0.15) is 0 Å². The predicted molar refractivity (Wildman–Crippen MR) is 84.3 cm³/mol. The van der Waals surface area contributed by atoms with E-state index < -0.39 is 10.0 Å². The highest BCUT2D eigenvalue weighted by atomic mass is 32.2. The van der Waals surface area contributed by atoms with E-state index >= 15 is 0 Å². The Balaban J connectivity index is 2.56. The summed E-state index contributed by atoms with van der Waals surface area (Å²) in [6.07, 6.45) is 0. The van der Waals surface area contributed by atoms with Gasteiger partial charge in [0.1, 0.15) is 4.90 Å². The summed E-state index contributed by atoms with van der Waals surface area (Å²) in [7, 11) is -3.55. The van der Waals surface area contributed by atoms with Crippen molar-refractivity contribution in [3.8, 4) is 0 Å². The first-order chi connectivity index (χ1) is 9.36. The molecule has 0 saturated heterocycles. The third-order valence-corrected chi connectivity index (χ3v) is 6.42. The largest absolute Gasteiger partial charge is 0.326 e. The number of thiophene rings is 1. The smallest absolute Gasteiger partial charge is 0.242 e. The number of hydrogen-bond acceptors (Lipinski definition) is 4. The van der Waals surface area contributed by atoms with Crippen LogP contribution in [-0.2, 0) is 16.6 Å². The molecule has 0 spiro atoms. The van der Waals surface area contributed by atoms with E-state index in [-0.39, 0.29) is 18.5 Å². The van der Waals surface area contributed by atoms with Crippen molar-refractivity contribution in [1.29, 1.82) is 0 Å². The zero-order valence-electron chi connectivity index (χ0n) is 11.9. The van der Waals surface area contributed by atoms with E-state index in [0.29, 0.717) is 9.77 Å². The Bertz CT molecular complexity index is 705. The van der Waals surface area contributed by atoms with Crippen LogP contribution in [0.4, 0.5) is 0 Å². The predicted octanol–water partition coefficient (Wildman–Crippen LogP) is 2.68. The third kappa shape index (κ3) is 2.88. The van der Waals surface area contributed by atoms with E-state index in [9.17, 15) is 8.42 Å². The first-order valence-corrected chi connectivity index (χ1v) is 8.89. The highest BCUT2D eigenvalue weighted by Gasteiger charge is 2.26. The summed E-state index contributed by atoms with van der Waals surface area (Å²) in [6, 6.07) is 7.38. The van der Waals surface area contributed by atoms with Crippen molar-refractivity contribution in [3.05, 3.63) is 29.1 Å². The average Bonchev–Trinajstić information content (AvgIpc) is 2.77. The first kappa shape index (κ1) is 15.4. The van der Waals surface area contributed by atoms with E-state index in [1.165, 1.54) is 11.3 Å². The molecule has 0 aliphatic carbocycles. The molecule has 4 nitrogen and oxygen atoms in total. The molecule has 1 unspecified atom stereocenters. The van der Waals surface area contributed by atoms with Crippen LogP contribution in [0.3, 0.4) is 0 Å². The summed E-state index contributed by atoms with van der Waals surface area (Å²) in [5.74, 6) is 0.232. The zero-order valence-corrected chi connectivity index (χ0v) is 13.5. The number of nitrogens with one attached hydrogen (secondary N) is 1. The second-order valence-electron chi connectivity index (χ2n) is 5.21. The molecular weight excluding hydrogens is 292 g/mol. The molecule has 0 aliphatic rings. The molecule has 110 valence electrons. The van der Waals surface area contributed by atoms with Crippen LogP contribution in [0.5, 0.6) is 0 Å². The van der Waals surface area contributed by atoms with Crippen LogP contribution in [0.15, 0.2) is 29.2 Å². The fraction of sp³-hybridized carbons (Fsp3) is 0.429. The Morgan fingerprint density at radius 1 is 1.25 bits per heavy atom. The minimum absolute atomic E-state index is 0.121. The van der Waals surface area contributed by atoms with Crippen molar-refractivity contribution in [2.75, 3.05) is 0 Å².